The molecule has 2 aromatic carbocycles. The minimum atomic E-state index is 0.611. The Morgan fingerprint density at radius 3 is 2.63 bits per heavy atom. The highest BCUT2D eigenvalue weighted by molar-refractivity contribution is 14.1. The predicted octanol–water partition coefficient (Wildman–Crippen LogP) is 3.98. The van der Waals surface area contributed by atoms with E-state index in [1.165, 1.54) is 14.7 Å². The molecular formula is C16H18INO. The SMILES string of the molecule is CCNCc1cccc(COc2cccc(I)c2)c1. The van der Waals surface area contributed by atoms with Crippen molar-refractivity contribution in [1.29, 1.82) is 0 Å². The Morgan fingerprint density at radius 1 is 1.05 bits per heavy atom. The van der Waals surface area contributed by atoms with Crippen molar-refractivity contribution >= 4 is 22.6 Å². The number of hydrogen-bond acceptors (Lipinski definition) is 2. The van der Waals surface area contributed by atoms with Gasteiger partial charge >= 0.3 is 0 Å². The highest BCUT2D eigenvalue weighted by Gasteiger charge is 1.98. The number of benzene rings is 2. The molecule has 0 aliphatic carbocycles. The molecule has 2 rings (SSSR count). The molecule has 0 atom stereocenters. The van der Waals surface area contributed by atoms with Crippen molar-refractivity contribution in [3.8, 4) is 5.75 Å². The molecule has 0 saturated heterocycles. The standard InChI is InChI=1S/C16H18INO/c1-2-18-11-13-5-3-6-14(9-13)12-19-16-8-4-7-15(17)10-16/h3-10,18H,2,11-12H2,1H3. The molecule has 0 amide bonds. The van der Waals surface area contributed by atoms with E-state index in [0.29, 0.717) is 6.61 Å². The zero-order valence-electron chi connectivity index (χ0n) is 11.0. The van der Waals surface area contributed by atoms with Crippen LogP contribution in [0, 0.1) is 3.57 Å². The maximum Gasteiger partial charge on any atom is 0.120 e. The van der Waals surface area contributed by atoms with Gasteiger partial charge in [0.05, 0.1) is 0 Å². The van der Waals surface area contributed by atoms with E-state index >= 15 is 0 Å². The highest BCUT2D eigenvalue weighted by atomic mass is 127. The maximum atomic E-state index is 5.81. The summed E-state index contributed by atoms with van der Waals surface area (Å²) in [4.78, 5) is 0. The first-order valence-electron chi connectivity index (χ1n) is 6.45. The number of nitrogens with one attached hydrogen (secondary N) is 1. The monoisotopic (exact) mass is 367 g/mol. The van der Waals surface area contributed by atoms with Crippen LogP contribution in [0.25, 0.3) is 0 Å². The Kier molecular flexibility index (Phi) is 5.66. The van der Waals surface area contributed by atoms with Crippen molar-refractivity contribution in [2.45, 2.75) is 20.1 Å². The van der Waals surface area contributed by atoms with Crippen LogP contribution in [-0.4, -0.2) is 6.54 Å². The van der Waals surface area contributed by atoms with Crippen LogP contribution in [0.4, 0.5) is 0 Å². The molecule has 0 radical (unpaired) electrons. The number of halogens is 1. The van der Waals surface area contributed by atoms with Crippen molar-refractivity contribution in [1.82, 2.24) is 5.32 Å². The average Bonchev–Trinajstić information content (AvgIpc) is 2.43. The molecule has 0 spiro atoms. The fourth-order valence-electron chi connectivity index (χ4n) is 1.82. The molecule has 0 aliphatic heterocycles. The van der Waals surface area contributed by atoms with Crippen LogP contribution in [0.2, 0.25) is 0 Å². The van der Waals surface area contributed by atoms with Gasteiger partial charge in [-0.05, 0) is 58.5 Å². The van der Waals surface area contributed by atoms with Crippen LogP contribution in [0.3, 0.4) is 0 Å². The van der Waals surface area contributed by atoms with Gasteiger partial charge in [0.25, 0.3) is 0 Å². The van der Waals surface area contributed by atoms with Crippen LogP contribution in [0.5, 0.6) is 5.75 Å². The maximum absolute atomic E-state index is 5.81. The van der Waals surface area contributed by atoms with Gasteiger partial charge in [0.15, 0.2) is 0 Å². The number of hydrogen-bond donors (Lipinski definition) is 1. The Bertz CT molecular complexity index is 528. The van der Waals surface area contributed by atoms with Gasteiger partial charge in [-0.2, -0.15) is 0 Å². The van der Waals surface area contributed by atoms with Gasteiger partial charge in [0.1, 0.15) is 12.4 Å². The summed E-state index contributed by atoms with van der Waals surface area (Å²) in [5.41, 5.74) is 2.50. The second-order valence-corrected chi connectivity index (χ2v) is 5.59. The molecule has 0 bridgehead atoms. The van der Waals surface area contributed by atoms with Gasteiger partial charge in [-0.15, -0.1) is 0 Å². The molecule has 2 nitrogen and oxygen atoms in total. The third kappa shape index (κ3) is 4.84. The number of ether oxygens (including phenoxy) is 1. The first-order valence-corrected chi connectivity index (χ1v) is 7.52. The summed E-state index contributed by atoms with van der Waals surface area (Å²) in [6, 6.07) is 16.6. The topological polar surface area (TPSA) is 21.3 Å². The number of rotatable bonds is 6. The third-order valence-electron chi connectivity index (χ3n) is 2.77. The lowest BCUT2D eigenvalue weighted by Crippen LogP contribution is -2.11. The Morgan fingerprint density at radius 2 is 1.84 bits per heavy atom. The minimum Gasteiger partial charge on any atom is -0.489 e. The van der Waals surface area contributed by atoms with Crippen LogP contribution < -0.4 is 10.1 Å². The Labute approximate surface area is 128 Å². The van der Waals surface area contributed by atoms with Crippen molar-refractivity contribution in [2.24, 2.45) is 0 Å². The normalized spacial score (nSPS) is 10.4. The summed E-state index contributed by atoms with van der Waals surface area (Å²) in [5, 5.41) is 3.33. The quantitative estimate of drug-likeness (QED) is 0.780. The molecule has 0 aliphatic rings. The summed E-state index contributed by atoms with van der Waals surface area (Å²) in [7, 11) is 0. The lowest BCUT2D eigenvalue weighted by atomic mass is 10.1. The van der Waals surface area contributed by atoms with Crippen LogP contribution in [0.15, 0.2) is 48.5 Å². The van der Waals surface area contributed by atoms with E-state index in [9.17, 15) is 0 Å². The van der Waals surface area contributed by atoms with Crippen molar-refractivity contribution < 1.29 is 4.74 Å². The van der Waals surface area contributed by atoms with Gasteiger partial charge in [-0.3, -0.25) is 0 Å². The van der Waals surface area contributed by atoms with Gasteiger partial charge in [-0.25, -0.2) is 0 Å². The molecule has 2 aromatic rings. The van der Waals surface area contributed by atoms with E-state index in [4.69, 9.17) is 4.74 Å². The van der Waals surface area contributed by atoms with Crippen LogP contribution in [0.1, 0.15) is 18.1 Å². The molecular weight excluding hydrogens is 349 g/mol. The van der Waals surface area contributed by atoms with Gasteiger partial charge in [-0.1, -0.05) is 37.3 Å². The van der Waals surface area contributed by atoms with Gasteiger partial charge < -0.3 is 10.1 Å². The summed E-state index contributed by atoms with van der Waals surface area (Å²) in [6.45, 7) is 4.63. The van der Waals surface area contributed by atoms with E-state index in [0.717, 1.165) is 18.8 Å². The van der Waals surface area contributed by atoms with E-state index in [2.05, 4.69) is 65.2 Å². The Balaban J connectivity index is 1.95. The highest BCUT2D eigenvalue weighted by Crippen LogP contribution is 2.16. The molecule has 0 unspecified atom stereocenters. The Hall–Kier alpha value is -1.07. The molecule has 19 heavy (non-hydrogen) atoms. The molecule has 100 valence electrons. The molecule has 0 fully saturated rings. The second-order valence-electron chi connectivity index (χ2n) is 4.35. The summed E-state index contributed by atoms with van der Waals surface area (Å²) >= 11 is 2.29. The van der Waals surface area contributed by atoms with Crippen molar-refractivity contribution in [3.63, 3.8) is 0 Å². The average molecular weight is 367 g/mol. The van der Waals surface area contributed by atoms with Crippen molar-refractivity contribution in [3.05, 3.63) is 63.2 Å². The lowest BCUT2D eigenvalue weighted by Gasteiger charge is -2.08. The molecule has 3 heteroatoms. The summed E-state index contributed by atoms with van der Waals surface area (Å²) < 4.78 is 7.00. The fourth-order valence-corrected chi connectivity index (χ4v) is 2.34. The van der Waals surface area contributed by atoms with E-state index < -0.39 is 0 Å². The van der Waals surface area contributed by atoms with Gasteiger partial charge in [0, 0.05) is 10.1 Å². The molecule has 0 heterocycles. The van der Waals surface area contributed by atoms with E-state index in [1.54, 1.807) is 0 Å². The first-order chi connectivity index (χ1) is 9.28. The second kappa shape index (κ2) is 7.50. The molecule has 0 saturated carbocycles. The smallest absolute Gasteiger partial charge is 0.120 e. The van der Waals surface area contributed by atoms with Crippen LogP contribution in [-0.2, 0) is 13.2 Å². The zero-order valence-corrected chi connectivity index (χ0v) is 13.2. The van der Waals surface area contributed by atoms with Gasteiger partial charge in [0.2, 0.25) is 0 Å². The summed E-state index contributed by atoms with van der Waals surface area (Å²) in [5.74, 6) is 0.920. The summed E-state index contributed by atoms with van der Waals surface area (Å²) in [6.07, 6.45) is 0. The predicted molar refractivity (Wildman–Crippen MR) is 87.3 cm³/mol. The fraction of sp³-hybridized carbons (Fsp3) is 0.250. The first kappa shape index (κ1) is 14.3. The van der Waals surface area contributed by atoms with Crippen molar-refractivity contribution in [2.75, 3.05) is 6.54 Å². The third-order valence-corrected chi connectivity index (χ3v) is 3.44. The largest absolute Gasteiger partial charge is 0.489 e. The molecule has 1 N–H and O–H groups in total. The minimum absolute atomic E-state index is 0.611. The lowest BCUT2D eigenvalue weighted by molar-refractivity contribution is 0.306. The zero-order chi connectivity index (χ0) is 13.5. The van der Waals surface area contributed by atoms with E-state index in [-0.39, 0.29) is 0 Å². The van der Waals surface area contributed by atoms with E-state index in [1.807, 2.05) is 18.2 Å². The van der Waals surface area contributed by atoms with Crippen LogP contribution >= 0.6 is 22.6 Å². The molecule has 0 aromatic heterocycles.